The highest BCUT2D eigenvalue weighted by molar-refractivity contribution is 5.89. The third-order valence-electron chi connectivity index (χ3n) is 8.18. The molecule has 54 heavy (non-hydrogen) atoms. The number of hydrogen-bond donors (Lipinski definition) is 7. The van der Waals surface area contributed by atoms with E-state index < -0.39 is 77.3 Å². The van der Waals surface area contributed by atoms with Crippen LogP contribution in [0.4, 0.5) is 0 Å². The summed E-state index contributed by atoms with van der Waals surface area (Å²) in [6, 6.07) is 19.0. The van der Waals surface area contributed by atoms with Crippen molar-refractivity contribution in [3.05, 3.63) is 118 Å². The molecule has 0 spiro atoms. The number of aliphatic hydroxyl groups excluding tert-OH is 2. The molecule has 15 heteroatoms. The second kappa shape index (κ2) is 15.8. The van der Waals surface area contributed by atoms with Gasteiger partial charge in [-0.25, -0.2) is 9.59 Å². The molecule has 0 radical (unpaired) electrons. The highest BCUT2D eigenvalue weighted by atomic mass is 16.7. The molecule has 0 amide bonds. The number of phenolic OH excluding ortho intramolecular Hbond substituents is 5. The van der Waals surface area contributed by atoms with E-state index >= 15 is 0 Å². The van der Waals surface area contributed by atoms with Crippen LogP contribution in [-0.2, 0) is 23.8 Å². The number of ether oxygens (including phenoxy) is 4. The Morgan fingerprint density at radius 3 is 1.85 bits per heavy atom. The van der Waals surface area contributed by atoms with Crippen molar-refractivity contribution in [2.75, 3.05) is 6.61 Å². The first-order chi connectivity index (χ1) is 25.9. The topological polar surface area (TPSA) is 243 Å². The SMILES string of the molecule is O=C(/C=C\c1ccc(O)cc1)OC1[C@@H](O)[C@H](Oc2c(-c3ccc(O)cc3)oc3cc(O)cc(O)c3c2=O)O[C@H](COC(=O)/C=C/c2ccc(O)cc2)[C@H]1O. The number of hydrogen-bond acceptors (Lipinski definition) is 15. The molecule has 5 aromatic rings. The lowest BCUT2D eigenvalue weighted by atomic mass is 9.98. The smallest absolute Gasteiger partial charge is 0.331 e. The van der Waals surface area contributed by atoms with Gasteiger partial charge in [0.15, 0.2) is 18.0 Å². The monoisotopic (exact) mass is 740 g/mol. The molecule has 4 aromatic carbocycles. The third kappa shape index (κ3) is 8.45. The van der Waals surface area contributed by atoms with Crippen molar-refractivity contribution in [2.24, 2.45) is 0 Å². The molecular weight excluding hydrogens is 708 g/mol. The Hall–Kier alpha value is -6.81. The number of aliphatic hydroxyl groups is 2. The van der Waals surface area contributed by atoms with Gasteiger partial charge in [-0.1, -0.05) is 24.3 Å². The zero-order chi connectivity index (χ0) is 38.5. The van der Waals surface area contributed by atoms with Crippen molar-refractivity contribution in [2.45, 2.75) is 30.7 Å². The fourth-order valence-electron chi connectivity index (χ4n) is 5.46. The summed E-state index contributed by atoms with van der Waals surface area (Å²) < 4.78 is 28.3. The molecule has 1 aromatic heterocycles. The Kier molecular flexibility index (Phi) is 10.8. The Balaban J connectivity index is 1.32. The predicted octanol–water partition coefficient (Wildman–Crippen LogP) is 3.70. The van der Waals surface area contributed by atoms with Crippen LogP contribution in [0, 0.1) is 0 Å². The maximum Gasteiger partial charge on any atom is 0.331 e. The first kappa shape index (κ1) is 37.0. The second-order valence-electron chi connectivity index (χ2n) is 12.0. The minimum absolute atomic E-state index is 0.000756. The maximum atomic E-state index is 13.9. The van der Waals surface area contributed by atoms with E-state index in [-0.39, 0.29) is 34.2 Å². The molecule has 278 valence electrons. The van der Waals surface area contributed by atoms with Crippen molar-refractivity contribution < 1.29 is 68.7 Å². The Morgan fingerprint density at radius 1 is 0.704 bits per heavy atom. The number of rotatable bonds is 10. The van der Waals surface area contributed by atoms with Crippen LogP contribution in [0.3, 0.4) is 0 Å². The molecular formula is C39H32O15. The average Bonchev–Trinajstić information content (AvgIpc) is 3.14. The first-order valence-electron chi connectivity index (χ1n) is 16.2. The van der Waals surface area contributed by atoms with Gasteiger partial charge in [0.1, 0.15) is 58.5 Å². The van der Waals surface area contributed by atoms with Gasteiger partial charge < -0.3 is 59.1 Å². The fourth-order valence-corrected chi connectivity index (χ4v) is 5.46. The summed E-state index contributed by atoms with van der Waals surface area (Å²) in [7, 11) is 0. The highest BCUT2D eigenvalue weighted by Crippen LogP contribution is 2.38. The van der Waals surface area contributed by atoms with Gasteiger partial charge in [0, 0.05) is 29.8 Å². The summed E-state index contributed by atoms with van der Waals surface area (Å²) in [6.45, 7) is -0.666. The molecule has 0 bridgehead atoms. The average molecular weight is 741 g/mol. The lowest BCUT2D eigenvalue weighted by Crippen LogP contribution is -2.61. The standard InChI is InChI=1S/C39H32O15/c40-23-9-1-20(2-10-23)5-15-30(45)50-19-29-33(47)37(53-31(46)16-6-21-3-11-24(41)12-4-21)35(49)39(52-29)54-38-34(48)32-27(44)17-26(43)18-28(32)51-36(38)22-7-13-25(42)14-8-22/h1-18,29,33,35,37,39-44,47,49H,19H2/b15-5+,16-6-/t29-,33-,35-,37?,39+/m1/s1. The number of esters is 2. The van der Waals surface area contributed by atoms with Crippen LogP contribution in [-0.4, -0.2) is 85.0 Å². The number of aromatic hydroxyl groups is 5. The molecule has 0 aliphatic carbocycles. The number of phenols is 5. The summed E-state index contributed by atoms with van der Waals surface area (Å²) >= 11 is 0. The Bertz CT molecular complexity index is 2260. The van der Waals surface area contributed by atoms with Crippen molar-refractivity contribution in [3.63, 3.8) is 0 Å². The zero-order valence-electron chi connectivity index (χ0n) is 27.9. The molecule has 0 saturated carbocycles. The number of benzene rings is 4. The van der Waals surface area contributed by atoms with E-state index in [9.17, 15) is 50.1 Å². The van der Waals surface area contributed by atoms with E-state index in [1.54, 1.807) is 12.1 Å². The largest absolute Gasteiger partial charge is 0.508 e. The van der Waals surface area contributed by atoms with Gasteiger partial charge in [0.05, 0.1) is 0 Å². The van der Waals surface area contributed by atoms with Gasteiger partial charge >= 0.3 is 11.9 Å². The molecule has 1 aliphatic rings. The van der Waals surface area contributed by atoms with Crippen molar-refractivity contribution in [1.29, 1.82) is 0 Å². The second-order valence-corrected chi connectivity index (χ2v) is 12.0. The van der Waals surface area contributed by atoms with Gasteiger partial charge in [0.2, 0.25) is 17.5 Å². The minimum Gasteiger partial charge on any atom is -0.508 e. The summed E-state index contributed by atoms with van der Waals surface area (Å²) in [4.78, 5) is 39.5. The maximum absolute atomic E-state index is 13.9. The van der Waals surface area contributed by atoms with Crippen molar-refractivity contribution >= 4 is 35.1 Å². The van der Waals surface area contributed by atoms with Crippen LogP contribution in [0.2, 0.25) is 0 Å². The fraction of sp³-hybridized carbons (Fsp3) is 0.154. The first-order valence-corrected chi connectivity index (χ1v) is 16.2. The van der Waals surface area contributed by atoms with E-state index in [0.717, 1.165) is 24.3 Å². The van der Waals surface area contributed by atoms with E-state index in [4.69, 9.17) is 23.4 Å². The molecule has 15 nitrogen and oxygen atoms in total. The molecule has 5 atom stereocenters. The third-order valence-corrected chi connectivity index (χ3v) is 8.18. The molecule has 7 N–H and O–H groups in total. The van der Waals surface area contributed by atoms with Crippen LogP contribution in [0.1, 0.15) is 11.1 Å². The minimum atomic E-state index is -2.00. The van der Waals surface area contributed by atoms with Crippen LogP contribution in [0.5, 0.6) is 34.5 Å². The normalized spacial score (nSPS) is 19.9. The van der Waals surface area contributed by atoms with Gasteiger partial charge in [-0.2, -0.15) is 0 Å². The summed E-state index contributed by atoms with van der Waals surface area (Å²) in [5.41, 5.74) is 0.00793. The molecule has 1 saturated heterocycles. The molecule has 1 aliphatic heterocycles. The number of carbonyl (C=O) groups is 2. The van der Waals surface area contributed by atoms with Crippen molar-refractivity contribution in [1.82, 2.24) is 0 Å². The molecule has 1 unspecified atom stereocenters. The van der Waals surface area contributed by atoms with Crippen LogP contribution < -0.4 is 10.2 Å². The summed E-state index contributed by atoms with van der Waals surface area (Å²) in [5.74, 6) is -4.01. The molecule has 1 fully saturated rings. The van der Waals surface area contributed by atoms with Gasteiger partial charge in [-0.15, -0.1) is 0 Å². The molecule has 2 heterocycles. The molecule has 6 rings (SSSR count). The van der Waals surface area contributed by atoms with E-state index in [1.165, 1.54) is 72.8 Å². The zero-order valence-corrected chi connectivity index (χ0v) is 27.9. The van der Waals surface area contributed by atoms with E-state index in [2.05, 4.69) is 0 Å². The van der Waals surface area contributed by atoms with Gasteiger partial charge in [-0.3, -0.25) is 4.79 Å². The van der Waals surface area contributed by atoms with Crippen LogP contribution in [0.25, 0.3) is 34.4 Å². The lowest BCUT2D eigenvalue weighted by molar-refractivity contribution is -0.281. The van der Waals surface area contributed by atoms with E-state index in [0.29, 0.717) is 11.1 Å². The van der Waals surface area contributed by atoms with Crippen LogP contribution in [0.15, 0.2) is 106 Å². The Morgan fingerprint density at radius 2 is 1.26 bits per heavy atom. The highest BCUT2D eigenvalue weighted by Gasteiger charge is 2.49. The van der Waals surface area contributed by atoms with Gasteiger partial charge in [0.25, 0.3) is 0 Å². The van der Waals surface area contributed by atoms with Crippen LogP contribution >= 0.6 is 0 Å². The van der Waals surface area contributed by atoms with E-state index in [1.807, 2.05) is 0 Å². The number of carbonyl (C=O) groups excluding carboxylic acids is 2. The van der Waals surface area contributed by atoms with Gasteiger partial charge in [-0.05, 0) is 71.8 Å². The lowest BCUT2D eigenvalue weighted by Gasteiger charge is -2.41. The summed E-state index contributed by atoms with van der Waals surface area (Å²) in [5, 5.41) is 71.7. The van der Waals surface area contributed by atoms with Crippen molar-refractivity contribution in [3.8, 4) is 45.8 Å². The summed E-state index contributed by atoms with van der Waals surface area (Å²) in [6.07, 6.45) is -4.24. The Labute approximate surface area is 305 Å². The number of fused-ring (bicyclic) bond motifs is 1. The predicted molar refractivity (Wildman–Crippen MR) is 189 cm³/mol. The quantitative estimate of drug-likeness (QED) is 0.0798.